The van der Waals surface area contributed by atoms with Gasteiger partial charge in [-0.3, -0.25) is 0 Å². The van der Waals surface area contributed by atoms with Crippen LogP contribution in [0.25, 0.3) is 0 Å². The van der Waals surface area contributed by atoms with Crippen molar-refractivity contribution in [3.63, 3.8) is 0 Å². The highest BCUT2D eigenvalue weighted by Gasteiger charge is 2.17. The molecule has 0 saturated heterocycles. The zero-order valence-corrected chi connectivity index (χ0v) is 14.0. The van der Waals surface area contributed by atoms with Gasteiger partial charge in [0.2, 0.25) is 0 Å². The molecule has 0 aliphatic carbocycles. The van der Waals surface area contributed by atoms with E-state index in [0.29, 0.717) is 5.92 Å². The highest BCUT2D eigenvalue weighted by molar-refractivity contribution is 5.28. The molecule has 20 heavy (non-hydrogen) atoms. The lowest BCUT2D eigenvalue weighted by Crippen LogP contribution is -2.39. The number of nitrogens with one attached hydrogen (secondary N) is 1. The molecule has 0 bridgehead atoms. The van der Waals surface area contributed by atoms with Crippen LogP contribution in [-0.4, -0.2) is 18.7 Å². The third-order valence-corrected chi connectivity index (χ3v) is 3.37. The first kappa shape index (κ1) is 17.2. The Morgan fingerprint density at radius 1 is 1.15 bits per heavy atom. The van der Waals surface area contributed by atoms with Crippen molar-refractivity contribution < 1.29 is 4.74 Å². The second-order valence-corrected chi connectivity index (χ2v) is 7.03. The fourth-order valence-electron chi connectivity index (χ4n) is 2.05. The van der Waals surface area contributed by atoms with Crippen molar-refractivity contribution >= 4 is 0 Å². The van der Waals surface area contributed by atoms with Crippen molar-refractivity contribution in [1.82, 2.24) is 5.32 Å². The molecule has 0 aromatic heterocycles. The first-order valence-electron chi connectivity index (χ1n) is 7.72. The average molecular weight is 277 g/mol. The van der Waals surface area contributed by atoms with Crippen molar-refractivity contribution in [2.24, 2.45) is 5.92 Å². The summed E-state index contributed by atoms with van der Waals surface area (Å²) in [5, 5.41) is 3.56. The van der Waals surface area contributed by atoms with E-state index in [1.54, 1.807) is 0 Å². The molecule has 0 aliphatic heterocycles. The monoisotopic (exact) mass is 277 g/mol. The summed E-state index contributed by atoms with van der Waals surface area (Å²) in [6.45, 7) is 14.9. The van der Waals surface area contributed by atoms with Crippen LogP contribution in [0.15, 0.2) is 24.3 Å². The van der Waals surface area contributed by atoms with Gasteiger partial charge in [-0.1, -0.05) is 38.1 Å². The van der Waals surface area contributed by atoms with Crippen molar-refractivity contribution in [2.75, 3.05) is 13.2 Å². The average Bonchev–Trinajstić information content (AvgIpc) is 2.33. The molecule has 0 spiro atoms. The summed E-state index contributed by atoms with van der Waals surface area (Å²) >= 11 is 0. The van der Waals surface area contributed by atoms with Crippen molar-refractivity contribution in [2.45, 2.75) is 59.6 Å². The van der Waals surface area contributed by atoms with Gasteiger partial charge in [-0.15, -0.1) is 0 Å². The van der Waals surface area contributed by atoms with Crippen LogP contribution in [0.2, 0.25) is 0 Å². The lowest BCUT2D eigenvalue weighted by Gasteiger charge is -2.27. The van der Waals surface area contributed by atoms with Crippen molar-refractivity contribution in [3.05, 3.63) is 35.4 Å². The molecule has 0 amide bonds. The van der Waals surface area contributed by atoms with Crippen LogP contribution in [0.1, 0.15) is 58.3 Å². The first-order valence-corrected chi connectivity index (χ1v) is 7.72. The van der Waals surface area contributed by atoms with E-state index in [2.05, 4.69) is 71.1 Å². The number of benzene rings is 1. The Bertz CT molecular complexity index is 393. The minimum absolute atomic E-state index is 0.113. The third kappa shape index (κ3) is 6.53. The fraction of sp³-hybridized carbons (Fsp3) is 0.667. The minimum Gasteiger partial charge on any atom is -0.372 e. The highest BCUT2D eigenvalue weighted by atomic mass is 16.5. The lowest BCUT2D eigenvalue weighted by molar-refractivity contribution is 0.0414. The topological polar surface area (TPSA) is 21.3 Å². The molecule has 114 valence electrons. The van der Waals surface area contributed by atoms with Crippen molar-refractivity contribution in [3.8, 4) is 0 Å². The van der Waals surface area contributed by atoms with E-state index in [1.165, 1.54) is 11.1 Å². The van der Waals surface area contributed by atoms with E-state index >= 15 is 0 Å². The summed E-state index contributed by atoms with van der Waals surface area (Å²) in [4.78, 5) is 0. The van der Waals surface area contributed by atoms with E-state index < -0.39 is 0 Å². The van der Waals surface area contributed by atoms with Crippen LogP contribution in [-0.2, 0) is 4.74 Å². The molecule has 2 heteroatoms. The number of hydrogen-bond acceptors (Lipinski definition) is 2. The van der Waals surface area contributed by atoms with Gasteiger partial charge in [0.05, 0.1) is 6.10 Å². The maximum Gasteiger partial charge on any atom is 0.0951 e. The molecule has 2 nitrogen and oxygen atoms in total. The van der Waals surface area contributed by atoms with Crippen LogP contribution < -0.4 is 5.32 Å². The molecule has 1 rings (SSSR count). The normalized spacial score (nSPS) is 13.8. The standard InChI is InChI=1S/C18H31NO/c1-14(2)11-12-20-17(13-19-18(4,5)6)16-10-8-7-9-15(16)3/h7-10,14,17,19H,11-13H2,1-6H3. The quantitative estimate of drug-likeness (QED) is 0.793. The summed E-state index contributed by atoms with van der Waals surface area (Å²) in [6, 6.07) is 8.52. The Morgan fingerprint density at radius 2 is 1.80 bits per heavy atom. The number of rotatable bonds is 7. The Labute approximate surface area is 124 Å². The Kier molecular flexibility index (Phi) is 6.70. The predicted octanol–water partition coefficient (Wildman–Crippen LogP) is 4.49. The first-order chi connectivity index (χ1) is 9.29. The number of hydrogen-bond donors (Lipinski definition) is 1. The van der Waals surface area contributed by atoms with E-state index in [-0.39, 0.29) is 11.6 Å². The maximum absolute atomic E-state index is 6.15. The molecule has 0 fully saturated rings. The van der Waals surface area contributed by atoms with Crippen LogP contribution >= 0.6 is 0 Å². The van der Waals surface area contributed by atoms with Crippen LogP contribution in [0, 0.1) is 12.8 Å². The number of aryl methyl sites for hydroxylation is 1. The highest BCUT2D eigenvalue weighted by Crippen LogP contribution is 2.22. The Hall–Kier alpha value is -0.860. The summed E-state index contributed by atoms with van der Waals surface area (Å²) in [5.74, 6) is 0.683. The third-order valence-electron chi connectivity index (χ3n) is 3.37. The molecule has 1 unspecified atom stereocenters. The summed E-state index contributed by atoms with van der Waals surface area (Å²) in [6.07, 6.45) is 1.24. The van der Waals surface area contributed by atoms with Gasteiger partial charge in [0.25, 0.3) is 0 Å². The largest absolute Gasteiger partial charge is 0.372 e. The zero-order valence-electron chi connectivity index (χ0n) is 14.0. The van der Waals surface area contributed by atoms with Gasteiger partial charge in [-0.25, -0.2) is 0 Å². The van der Waals surface area contributed by atoms with Gasteiger partial charge in [-0.2, -0.15) is 0 Å². The molecule has 0 heterocycles. The Morgan fingerprint density at radius 3 is 2.35 bits per heavy atom. The Balaban J connectivity index is 2.71. The molecule has 1 aromatic rings. The fourth-order valence-corrected chi connectivity index (χ4v) is 2.05. The molecular weight excluding hydrogens is 246 g/mol. The molecule has 1 aromatic carbocycles. The van der Waals surface area contributed by atoms with Crippen LogP contribution in [0.3, 0.4) is 0 Å². The van der Waals surface area contributed by atoms with E-state index in [0.717, 1.165) is 19.6 Å². The predicted molar refractivity (Wildman–Crippen MR) is 87.1 cm³/mol. The maximum atomic E-state index is 6.15. The minimum atomic E-state index is 0.113. The summed E-state index contributed by atoms with van der Waals surface area (Å²) in [5.41, 5.74) is 2.72. The zero-order chi connectivity index (χ0) is 15.2. The van der Waals surface area contributed by atoms with Gasteiger partial charge in [0.15, 0.2) is 0 Å². The van der Waals surface area contributed by atoms with E-state index in [4.69, 9.17) is 4.74 Å². The molecule has 0 saturated carbocycles. The molecular formula is C18H31NO. The molecule has 0 radical (unpaired) electrons. The van der Waals surface area contributed by atoms with Gasteiger partial charge in [-0.05, 0) is 51.2 Å². The molecule has 1 atom stereocenters. The van der Waals surface area contributed by atoms with E-state index in [9.17, 15) is 0 Å². The SMILES string of the molecule is Cc1ccccc1C(CNC(C)(C)C)OCCC(C)C. The number of ether oxygens (including phenoxy) is 1. The lowest BCUT2D eigenvalue weighted by atomic mass is 10.0. The smallest absolute Gasteiger partial charge is 0.0951 e. The second-order valence-electron chi connectivity index (χ2n) is 7.03. The van der Waals surface area contributed by atoms with Gasteiger partial charge in [0, 0.05) is 18.7 Å². The van der Waals surface area contributed by atoms with Crippen LogP contribution in [0.4, 0.5) is 0 Å². The molecule has 0 aliphatic rings. The molecule has 1 N–H and O–H groups in total. The summed E-state index contributed by atoms with van der Waals surface area (Å²) < 4.78 is 6.15. The second kappa shape index (κ2) is 7.80. The van der Waals surface area contributed by atoms with Gasteiger partial charge >= 0.3 is 0 Å². The van der Waals surface area contributed by atoms with Crippen LogP contribution in [0.5, 0.6) is 0 Å². The van der Waals surface area contributed by atoms with Gasteiger partial charge < -0.3 is 10.1 Å². The van der Waals surface area contributed by atoms with Gasteiger partial charge in [0.1, 0.15) is 0 Å². The summed E-state index contributed by atoms with van der Waals surface area (Å²) in [7, 11) is 0. The van der Waals surface area contributed by atoms with E-state index in [1.807, 2.05) is 0 Å². The van der Waals surface area contributed by atoms with Crippen molar-refractivity contribution in [1.29, 1.82) is 0 Å².